The first-order chi connectivity index (χ1) is 14.9. The molecular formula is C29H42N4. The molecule has 0 unspecified atom stereocenters. The minimum Gasteiger partial charge on any atom is -0.346 e. The third-order valence-electron chi connectivity index (χ3n) is 6.56. The van der Waals surface area contributed by atoms with E-state index >= 15 is 0 Å². The monoisotopic (exact) mass is 446 g/mol. The van der Waals surface area contributed by atoms with Crippen LogP contribution >= 0.6 is 0 Å². The van der Waals surface area contributed by atoms with Crippen LogP contribution in [-0.4, -0.2) is 19.9 Å². The SMILES string of the molecule is C.C.C.C1=C(c2cnc3[nH]ccc3c2)CCCC1.c1cc2cc(C3CCCCC3)cnc2[nH]1. The molecule has 4 aromatic heterocycles. The maximum absolute atomic E-state index is 4.46. The molecule has 2 aliphatic rings. The summed E-state index contributed by atoms with van der Waals surface area (Å²) in [5.41, 5.74) is 6.19. The summed E-state index contributed by atoms with van der Waals surface area (Å²) in [4.78, 5) is 15.1. The van der Waals surface area contributed by atoms with Crippen molar-refractivity contribution >= 4 is 27.6 Å². The quantitative estimate of drug-likeness (QED) is 0.322. The molecule has 0 spiro atoms. The number of H-pyrrole nitrogens is 2. The Balaban J connectivity index is 0.000000214. The topological polar surface area (TPSA) is 57.4 Å². The van der Waals surface area contributed by atoms with Crippen molar-refractivity contribution in [1.82, 2.24) is 19.9 Å². The predicted molar refractivity (Wildman–Crippen MR) is 145 cm³/mol. The molecule has 0 aromatic carbocycles. The molecule has 1 saturated carbocycles. The van der Waals surface area contributed by atoms with E-state index in [0.717, 1.165) is 17.2 Å². The third kappa shape index (κ3) is 6.13. The van der Waals surface area contributed by atoms with Crippen LogP contribution in [-0.2, 0) is 0 Å². The zero-order valence-electron chi connectivity index (χ0n) is 17.5. The van der Waals surface area contributed by atoms with Crippen LogP contribution < -0.4 is 0 Å². The second-order valence-electron chi connectivity index (χ2n) is 8.63. The summed E-state index contributed by atoms with van der Waals surface area (Å²) in [6.07, 6.45) is 22.2. The number of nitrogens with zero attached hydrogens (tertiary/aromatic N) is 2. The van der Waals surface area contributed by atoms with E-state index < -0.39 is 0 Å². The molecule has 4 heteroatoms. The number of rotatable bonds is 2. The Bertz CT molecular complexity index is 1140. The molecule has 0 atom stereocenters. The highest BCUT2D eigenvalue weighted by Crippen LogP contribution is 2.33. The summed E-state index contributed by atoms with van der Waals surface area (Å²) in [5, 5.41) is 2.46. The van der Waals surface area contributed by atoms with Crippen LogP contribution in [0.4, 0.5) is 0 Å². The number of hydrogen-bond acceptors (Lipinski definition) is 2. The molecular weight excluding hydrogens is 404 g/mol. The molecule has 0 aliphatic heterocycles. The average molecular weight is 447 g/mol. The second kappa shape index (κ2) is 12.4. The van der Waals surface area contributed by atoms with Gasteiger partial charge in [0.05, 0.1) is 0 Å². The van der Waals surface area contributed by atoms with Crippen molar-refractivity contribution in [2.45, 2.75) is 86.0 Å². The van der Waals surface area contributed by atoms with E-state index in [-0.39, 0.29) is 22.3 Å². The zero-order chi connectivity index (χ0) is 20.2. The molecule has 33 heavy (non-hydrogen) atoms. The molecule has 0 saturated heterocycles. The van der Waals surface area contributed by atoms with E-state index in [1.54, 1.807) is 0 Å². The van der Waals surface area contributed by atoms with Crippen molar-refractivity contribution in [2.75, 3.05) is 0 Å². The molecule has 4 heterocycles. The number of pyridine rings is 2. The minimum atomic E-state index is 0. The number of nitrogens with one attached hydrogen (secondary N) is 2. The van der Waals surface area contributed by atoms with Gasteiger partial charge in [-0.1, -0.05) is 47.6 Å². The lowest BCUT2D eigenvalue weighted by molar-refractivity contribution is 0.443. The fourth-order valence-electron chi connectivity index (χ4n) is 4.83. The van der Waals surface area contributed by atoms with Gasteiger partial charge in [-0.15, -0.1) is 0 Å². The smallest absolute Gasteiger partial charge is 0.137 e. The first-order valence-corrected chi connectivity index (χ1v) is 11.4. The van der Waals surface area contributed by atoms with Gasteiger partial charge in [-0.2, -0.15) is 0 Å². The van der Waals surface area contributed by atoms with Crippen molar-refractivity contribution < 1.29 is 0 Å². The Labute approximate surface area is 200 Å². The maximum Gasteiger partial charge on any atom is 0.137 e. The highest BCUT2D eigenvalue weighted by Gasteiger charge is 2.16. The van der Waals surface area contributed by atoms with Crippen molar-refractivity contribution in [1.29, 1.82) is 0 Å². The van der Waals surface area contributed by atoms with E-state index in [4.69, 9.17) is 0 Å². The molecule has 0 amide bonds. The Morgan fingerprint density at radius 3 is 2.06 bits per heavy atom. The molecule has 2 N–H and O–H groups in total. The average Bonchev–Trinajstić information content (AvgIpc) is 3.49. The minimum absolute atomic E-state index is 0. The lowest BCUT2D eigenvalue weighted by Gasteiger charge is -2.21. The third-order valence-corrected chi connectivity index (χ3v) is 6.56. The van der Waals surface area contributed by atoms with Crippen molar-refractivity contribution in [3.8, 4) is 0 Å². The normalized spacial score (nSPS) is 15.9. The molecule has 6 rings (SSSR count). The fraction of sp³-hybridized carbons (Fsp3) is 0.448. The lowest BCUT2D eigenvalue weighted by atomic mass is 9.85. The molecule has 4 aromatic rings. The molecule has 4 nitrogen and oxygen atoms in total. The van der Waals surface area contributed by atoms with Gasteiger partial charge < -0.3 is 9.97 Å². The first kappa shape index (κ1) is 26.4. The highest BCUT2D eigenvalue weighted by atomic mass is 14.8. The molecule has 0 bridgehead atoms. The van der Waals surface area contributed by atoms with Crippen LogP contribution in [0.15, 0.2) is 55.1 Å². The Hall–Kier alpha value is -2.88. The largest absolute Gasteiger partial charge is 0.346 e. The van der Waals surface area contributed by atoms with Crippen LogP contribution in [0.3, 0.4) is 0 Å². The summed E-state index contributed by atoms with van der Waals surface area (Å²) >= 11 is 0. The van der Waals surface area contributed by atoms with Gasteiger partial charge in [0.15, 0.2) is 0 Å². The van der Waals surface area contributed by atoms with Crippen LogP contribution in [0.1, 0.15) is 97.1 Å². The van der Waals surface area contributed by atoms with Crippen molar-refractivity contribution in [3.63, 3.8) is 0 Å². The standard InChI is InChI=1S/C13H16N2.C13H14N2.3CH4/c2*1-2-4-10(5-3-1)12-8-11-6-7-14-13(11)15-9-12;;;/h6-10H,1-5H2,(H,14,15);4,6-9H,1-3,5H2,(H,14,15);3*1H4. The van der Waals surface area contributed by atoms with Gasteiger partial charge in [0.25, 0.3) is 0 Å². The van der Waals surface area contributed by atoms with Gasteiger partial charge in [-0.05, 0) is 85.4 Å². The van der Waals surface area contributed by atoms with Crippen molar-refractivity contribution in [2.24, 2.45) is 0 Å². The number of aromatic amines is 2. The second-order valence-corrected chi connectivity index (χ2v) is 8.63. The van der Waals surface area contributed by atoms with Gasteiger partial charge in [0, 0.05) is 35.6 Å². The van der Waals surface area contributed by atoms with Gasteiger partial charge in [0.1, 0.15) is 11.3 Å². The Kier molecular flexibility index (Phi) is 9.90. The Morgan fingerprint density at radius 2 is 1.39 bits per heavy atom. The predicted octanol–water partition coefficient (Wildman–Crippen LogP) is 9.04. The van der Waals surface area contributed by atoms with Crippen molar-refractivity contribution in [3.05, 3.63) is 66.3 Å². The molecule has 2 aliphatic carbocycles. The van der Waals surface area contributed by atoms with Crippen LogP contribution in [0.5, 0.6) is 0 Å². The van der Waals surface area contributed by atoms with E-state index in [0.29, 0.717) is 0 Å². The summed E-state index contributed by atoms with van der Waals surface area (Å²) in [6, 6.07) is 8.72. The fourth-order valence-corrected chi connectivity index (χ4v) is 4.83. The van der Waals surface area contributed by atoms with E-state index in [2.05, 4.69) is 56.5 Å². The van der Waals surface area contributed by atoms with Gasteiger partial charge in [-0.25, -0.2) is 9.97 Å². The van der Waals surface area contributed by atoms with Gasteiger partial charge >= 0.3 is 0 Å². The molecule has 1 fully saturated rings. The Morgan fingerprint density at radius 1 is 0.727 bits per heavy atom. The number of aromatic nitrogens is 4. The number of hydrogen-bond donors (Lipinski definition) is 2. The zero-order valence-corrected chi connectivity index (χ0v) is 17.5. The van der Waals surface area contributed by atoms with Crippen LogP contribution in [0, 0.1) is 0 Å². The summed E-state index contributed by atoms with van der Waals surface area (Å²) in [5.74, 6) is 0.755. The summed E-state index contributed by atoms with van der Waals surface area (Å²) in [6.45, 7) is 0. The van der Waals surface area contributed by atoms with Crippen LogP contribution in [0.2, 0.25) is 0 Å². The van der Waals surface area contributed by atoms with E-state index in [1.165, 1.54) is 85.3 Å². The summed E-state index contributed by atoms with van der Waals surface area (Å²) < 4.78 is 0. The number of allylic oxidation sites excluding steroid dienone is 2. The number of fused-ring (bicyclic) bond motifs is 2. The van der Waals surface area contributed by atoms with E-state index in [9.17, 15) is 0 Å². The lowest BCUT2D eigenvalue weighted by Crippen LogP contribution is -2.04. The van der Waals surface area contributed by atoms with E-state index in [1.807, 2.05) is 18.6 Å². The highest BCUT2D eigenvalue weighted by molar-refractivity contribution is 5.80. The van der Waals surface area contributed by atoms with Crippen LogP contribution in [0.25, 0.3) is 27.6 Å². The van der Waals surface area contributed by atoms with Gasteiger partial charge in [0.2, 0.25) is 0 Å². The first-order valence-electron chi connectivity index (χ1n) is 11.4. The molecule has 0 radical (unpaired) electrons. The molecule has 178 valence electrons. The maximum atomic E-state index is 4.46. The summed E-state index contributed by atoms with van der Waals surface area (Å²) in [7, 11) is 0. The van der Waals surface area contributed by atoms with Gasteiger partial charge in [-0.3, -0.25) is 0 Å².